The minimum Gasteiger partial charge on any atom is -0.462 e. The van der Waals surface area contributed by atoms with E-state index in [2.05, 4.69) is 24.3 Å². The summed E-state index contributed by atoms with van der Waals surface area (Å²) >= 11 is 0. The third-order valence-electron chi connectivity index (χ3n) is 5.66. The SMILES string of the molecule is CCCCCCCCOC(=O)c1ccccc1C(=O)OCCCCCCCC.NNc1cccnc1. The molecule has 3 N–H and O–H groups in total. The van der Waals surface area contributed by atoms with Crippen molar-refractivity contribution in [1.29, 1.82) is 0 Å². The molecular weight excluding hydrogens is 454 g/mol. The Morgan fingerprint density at radius 3 is 1.58 bits per heavy atom. The third-order valence-corrected chi connectivity index (χ3v) is 5.66. The molecule has 0 radical (unpaired) electrons. The predicted molar refractivity (Wildman–Crippen MR) is 146 cm³/mol. The second kappa shape index (κ2) is 21.4. The van der Waals surface area contributed by atoms with E-state index in [1.807, 2.05) is 12.1 Å². The summed E-state index contributed by atoms with van der Waals surface area (Å²) in [7, 11) is 0. The van der Waals surface area contributed by atoms with Crippen molar-refractivity contribution in [1.82, 2.24) is 4.98 Å². The molecule has 0 spiro atoms. The van der Waals surface area contributed by atoms with Crippen molar-refractivity contribution in [3.05, 3.63) is 59.9 Å². The zero-order valence-corrected chi connectivity index (χ0v) is 22.2. The maximum absolute atomic E-state index is 12.4. The van der Waals surface area contributed by atoms with Crippen LogP contribution in [0.2, 0.25) is 0 Å². The van der Waals surface area contributed by atoms with Crippen LogP contribution >= 0.6 is 0 Å². The fourth-order valence-corrected chi connectivity index (χ4v) is 3.54. The minimum absolute atomic E-state index is 0.293. The van der Waals surface area contributed by atoms with Gasteiger partial charge in [0.15, 0.2) is 0 Å². The van der Waals surface area contributed by atoms with E-state index < -0.39 is 11.9 Å². The van der Waals surface area contributed by atoms with Gasteiger partial charge in [0.1, 0.15) is 0 Å². The molecule has 7 heteroatoms. The maximum Gasteiger partial charge on any atom is 0.339 e. The molecule has 0 unspecified atom stereocenters. The first kappa shape index (κ1) is 31.1. The molecule has 2 rings (SSSR count). The smallest absolute Gasteiger partial charge is 0.339 e. The van der Waals surface area contributed by atoms with Crippen LogP contribution in [0.1, 0.15) is 112 Å². The predicted octanol–water partition coefficient (Wildman–Crippen LogP) is 7.09. The second-order valence-corrected chi connectivity index (χ2v) is 8.74. The number of hydrogen-bond donors (Lipinski definition) is 2. The first-order chi connectivity index (χ1) is 17.6. The highest BCUT2D eigenvalue weighted by Gasteiger charge is 2.18. The summed E-state index contributed by atoms with van der Waals surface area (Å²) in [4.78, 5) is 28.5. The number of carbonyl (C=O) groups excluding carboxylic acids is 2. The van der Waals surface area contributed by atoms with Crippen LogP contribution in [0.5, 0.6) is 0 Å². The molecule has 0 bridgehead atoms. The molecule has 1 heterocycles. The van der Waals surface area contributed by atoms with Crippen molar-refractivity contribution in [2.75, 3.05) is 18.6 Å². The number of ether oxygens (including phenoxy) is 2. The number of carbonyl (C=O) groups is 2. The summed E-state index contributed by atoms with van der Waals surface area (Å²) in [6, 6.07) is 10.4. The van der Waals surface area contributed by atoms with Gasteiger partial charge in [-0.3, -0.25) is 10.8 Å². The van der Waals surface area contributed by atoms with E-state index in [-0.39, 0.29) is 0 Å². The number of esters is 2. The average molecular weight is 500 g/mol. The van der Waals surface area contributed by atoms with Gasteiger partial charge in [0.2, 0.25) is 0 Å². The normalized spacial score (nSPS) is 10.2. The van der Waals surface area contributed by atoms with Gasteiger partial charge in [-0.2, -0.15) is 0 Å². The monoisotopic (exact) mass is 499 g/mol. The summed E-state index contributed by atoms with van der Waals surface area (Å²) in [6.45, 7) is 5.17. The number of benzene rings is 1. The summed E-state index contributed by atoms with van der Waals surface area (Å²) < 4.78 is 10.7. The zero-order chi connectivity index (χ0) is 26.3. The van der Waals surface area contributed by atoms with Crippen LogP contribution in [0.15, 0.2) is 48.8 Å². The largest absolute Gasteiger partial charge is 0.462 e. The number of nitrogens with one attached hydrogen (secondary N) is 1. The van der Waals surface area contributed by atoms with Crippen molar-refractivity contribution >= 4 is 17.6 Å². The van der Waals surface area contributed by atoms with E-state index in [0.29, 0.717) is 24.3 Å². The molecule has 0 amide bonds. The molecule has 1 aromatic carbocycles. The van der Waals surface area contributed by atoms with E-state index in [1.54, 1.807) is 36.7 Å². The number of hydrazine groups is 1. The van der Waals surface area contributed by atoms with Crippen molar-refractivity contribution in [3.8, 4) is 0 Å². The van der Waals surface area contributed by atoms with Crippen LogP contribution in [-0.2, 0) is 9.47 Å². The molecule has 200 valence electrons. The number of nitrogen functional groups attached to an aromatic ring is 1. The number of aromatic nitrogens is 1. The van der Waals surface area contributed by atoms with Gasteiger partial charge in [0.05, 0.1) is 36.2 Å². The van der Waals surface area contributed by atoms with Crippen LogP contribution in [0.4, 0.5) is 5.69 Å². The van der Waals surface area contributed by atoms with E-state index in [4.69, 9.17) is 15.3 Å². The van der Waals surface area contributed by atoms with Gasteiger partial charge in [-0.15, -0.1) is 0 Å². The standard InChI is InChI=1S/C24H38O4.C5H7N3/c1-3-5-7-9-11-15-19-27-23(25)21-17-13-14-18-22(21)24(26)28-20-16-12-10-8-6-4-2;6-8-5-2-1-3-7-4-5/h13-14,17-18H,3-12,15-16,19-20H2,1-2H3;1-4,8H,6H2. The van der Waals surface area contributed by atoms with Crippen LogP contribution in [0.3, 0.4) is 0 Å². The fraction of sp³-hybridized carbons (Fsp3) is 0.552. The molecule has 0 aliphatic heterocycles. The maximum atomic E-state index is 12.4. The molecule has 0 saturated carbocycles. The molecular formula is C29H45N3O4. The molecule has 0 saturated heterocycles. The second-order valence-electron chi connectivity index (χ2n) is 8.74. The van der Waals surface area contributed by atoms with Gasteiger partial charge in [-0.25, -0.2) is 9.59 Å². The lowest BCUT2D eigenvalue weighted by atomic mass is 10.1. The van der Waals surface area contributed by atoms with Crippen molar-refractivity contribution in [3.63, 3.8) is 0 Å². The number of nitrogens with two attached hydrogens (primary N) is 1. The van der Waals surface area contributed by atoms with Gasteiger partial charge < -0.3 is 14.9 Å². The average Bonchev–Trinajstić information content (AvgIpc) is 2.92. The molecule has 0 fully saturated rings. The first-order valence-electron chi connectivity index (χ1n) is 13.4. The summed E-state index contributed by atoms with van der Waals surface area (Å²) in [5, 5.41) is 0. The molecule has 0 aliphatic rings. The lowest BCUT2D eigenvalue weighted by Gasteiger charge is -2.10. The van der Waals surface area contributed by atoms with Gasteiger partial charge in [-0.1, -0.05) is 90.2 Å². The fourth-order valence-electron chi connectivity index (χ4n) is 3.54. The Bertz CT molecular complexity index is 781. The number of anilines is 1. The molecule has 1 aromatic heterocycles. The van der Waals surface area contributed by atoms with E-state index in [0.717, 1.165) is 31.4 Å². The Kier molecular flexibility index (Phi) is 18.5. The highest BCUT2D eigenvalue weighted by atomic mass is 16.5. The minimum atomic E-state index is -0.444. The molecule has 0 atom stereocenters. The van der Waals surface area contributed by atoms with E-state index in [9.17, 15) is 9.59 Å². The molecule has 36 heavy (non-hydrogen) atoms. The summed E-state index contributed by atoms with van der Waals surface area (Å²) in [5.74, 6) is 4.17. The Morgan fingerprint density at radius 2 is 1.19 bits per heavy atom. The van der Waals surface area contributed by atoms with E-state index >= 15 is 0 Å². The number of pyridine rings is 1. The summed E-state index contributed by atoms with van der Waals surface area (Å²) in [6.07, 6.45) is 17.0. The number of rotatable bonds is 17. The van der Waals surface area contributed by atoms with Crippen molar-refractivity contribution in [2.45, 2.75) is 90.9 Å². The lowest BCUT2D eigenvalue weighted by Crippen LogP contribution is -2.15. The Labute approximate surface area is 217 Å². The lowest BCUT2D eigenvalue weighted by molar-refractivity contribution is 0.0450. The van der Waals surface area contributed by atoms with Crippen molar-refractivity contribution in [2.24, 2.45) is 5.84 Å². The van der Waals surface area contributed by atoms with Gasteiger partial charge >= 0.3 is 11.9 Å². The summed E-state index contributed by atoms with van der Waals surface area (Å²) in [5.41, 5.74) is 3.88. The Balaban J connectivity index is 0.000000681. The third kappa shape index (κ3) is 14.5. The number of unbranched alkanes of at least 4 members (excludes halogenated alkanes) is 10. The van der Waals surface area contributed by atoms with Gasteiger partial charge in [-0.05, 0) is 37.1 Å². The topological polar surface area (TPSA) is 104 Å². The quantitative estimate of drug-likeness (QED) is 0.104. The van der Waals surface area contributed by atoms with Gasteiger partial charge in [0.25, 0.3) is 0 Å². The van der Waals surface area contributed by atoms with E-state index in [1.165, 1.54) is 51.4 Å². The Morgan fingerprint density at radius 1 is 0.722 bits per heavy atom. The molecule has 2 aromatic rings. The first-order valence-corrected chi connectivity index (χ1v) is 13.4. The number of nitrogens with zero attached hydrogens (tertiary/aromatic N) is 1. The molecule has 0 aliphatic carbocycles. The number of hydrogen-bond acceptors (Lipinski definition) is 7. The van der Waals surface area contributed by atoms with Gasteiger partial charge in [0, 0.05) is 6.20 Å². The van der Waals surface area contributed by atoms with Crippen LogP contribution in [-0.4, -0.2) is 30.1 Å². The van der Waals surface area contributed by atoms with Crippen molar-refractivity contribution < 1.29 is 19.1 Å². The van der Waals surface area contributed by atoms with Crippen LogP contribution in [0, 0.1) is 0 Å². The molecule has 7 nitrogen and oxygen atoms in total. The van der Waals surface area contributed by atoms with Crippen LogP contribution < -0.4 is 11.3 Å². The van der Waals surface area contributed by atoms with Crippen LogP contribution in [0.25, 0.3) is 0 Å². The Hall–Kier alpha value is -2.93. The zero-order valence-electron chi connectivity index (χ0n) is 22.2. The highest BCUT2D eigenvalue weighted by Crippen LogP contribution is 2.14. The highest BCUT2D eigenvalue weighted by molar-refractivity contribution is 6.03.